The van der Waals surface area contributed by atoms with Crippen molar-refractivity contribution in [2.75, 3.05) is 0 Å². The maximum absolute atomic E-state index is 5.90. The van der Waals surface area contributed by atoms with Crippen LogP contribution in [0.4, 0.5) is 0 Å². The van der Waals surface area contributed by atoms with E-state index in [0.29, 0.717) is 11.1 Å². The molecule has 1 atom stereocenters. The second-order valence-corrected chi connectivity index (χ2v) is 3.36. The molecule has 11 heavy (non-hydrogen) atoms. The van der Waals surface area contributed by atoms with Crippen LogP contribution in [0.15, 0.2) is 16.7 Å². The van der Waals surface area contributed by atoms with Crippen LogP contribution in [-0.4, -0.2) is 0 Å². The van der Waals surface area contributed by atoms with Crippen LogP contribution in [-0.2, 0) is 0 Å². The van der Waals surface area contributed by atoms with Gasteiger partial charge in [0.25, 0.3) is 0 Å². The average molecular weight is 172 g/mol. The molecule has 1 aromatic rings. The van der Waals surface area contributed by atoms with Crippen molar-refractivity contribution in [1.29, 1.82) is 0 Å². The Morgan fingerprint density at radius 1 is 1.64 bits per heavy atom. The Bertz CT molecular complexity index is 254. The average Bonchev–Trinajstić information content (AvgIpc) is 2.74. The van der Waals surface area contributed by atoms with Gasteiger partial charge in [0, 0.05) is 11.6 Å². The van der Waals surface area contributed by atoms with E-state index in [4.69, 9.17) is 21.8 Å². The topological polar surface area (TPSA) is 39.2 Å². The highest BCUT2D eigenvalue weighted by Crippen LogP contribution is 2.41. The summed E-state index contributed by atoms with van der Waals surface area (Å²) in [7, 11) is 0. The van der Waals surface area contributed by atoms with Crippen LogP contribution < -0.4 is 5.73 Å². The molecule has 0 amide bonds. The lowest BCUT2D eigenvalue weighted by Crippen LogP contribution is -2.11. The molecule has 2 rings (SSSR count). The van der Waals surface area contributed by atoms with Crippen molar-refractivity contribution in [3.63, 3.8) is 0 Å². The van der Waals surface area contributed by atoms with Crippen LogP contribution in [0, 0.1) is 5.92 Å². The zero-order valence-electron chi connectivity index (χ0n) is 6.09. The molecule has 2 N–H and O–H groups in total. The van der Waals surface area contributed by atoms with E-state index >= 15 is 0 Å². The summed E-state index contributed by atoms with van der Waals surface area (Å²) in [4.78, 5) is 0. The fourth-order valence-corrected chi connectivity index (χ4v) is 1.49. The standard InChI is InChI=1S/C8H10ClNO/c9-8-6(3-4-11-8)7(10)5-1-2-5/h3-5,7H,1-2,10H2. The molecule has 1 unspecified atom stereocenters. The summed E-state index contributed by atoms with van der Waals surface area (Å²) in [5.41, 5.74) is 6.85. The smallest absolute Gasteiger partial charge is 0.197 e. The Morgan fingerprint density at radius 3 is 2.82 bits per heavy atom. The van der Waals surface area contributed by atoms with Gasteiger partial charge in [0.05, 0.1) is 6.26 Å². The van der Waals surface area contributed by atoms with Gasteiger partial charge in [-0.05, 0) is 36.4 Å². The highest BCUT2D eigenvalue weighted by Gasteiger charge is 2.31. The van der Waals surface area contributed by atoms with Crippen LogP contribution >= 0.6 is 11.6 Å². The fourth-order valence-electron chi connectivity index (χ4n) is 1.25. The Morgan fingerprint density at radius 2 is 2.36 bits per heavy atom. The first-order chi connectivity index (χ1) is 5.29. The van der Waals surface area contributed by atoms with Crippen molar-refractivity contribution < 1.29 is 4.42 Å². The lowest BCUT2D eigenvalue weighted by Gasteiger charge is -2.06. The third-order valence-corrected chi connectivity index (χ3v) is 2.44. The second-order valence-electron chi connectivity index (χ2n) is 3.01. The number of hydrogen-bond donors (Lipinski definition) is 1. The van der Waals surface area contributed by atoms with E-state index in [1.165, 1.54) is 12.8 Å². The first-order valence-electron chi connectivity index (χ1n) is 3.77. The molecule has 1 fully saturated rings. The second kappa shape index (κ2) is 2.54. The van der Waals surface area contributed by atoms with E-state index in [-0.39, 0.29) is 6.04 Å². The molecule has 2 nitrogen and oxygen atoms in total. The lowest BCUT2D eigenvalue weighted by atomic mass is 10.1. The molecule has 0 spiro atoms. The minimum Gasteiger partial charge on any atom is -0.453 e. The molecule has 60 valence electrons. The molecule has 0 radical (unpaired) electrons. The van der Waals surface area contributed by atoms with Crippen LogP contribution in [0.5, 0.6) is 0 Å². The van der Waals surface area contributed by atoms with Gasteiger partial charge in [-0.1, -0.05) is 0 Å². The molecule has 1 aliphatic carbocycles. The van der Waals surface area contributed by atoms with E-state index in [1.807, 2.05) is 6.07 Å². The van der Waals surface area contributed by atoms with Crippen LogP contribution in [0.1, 0.15) is 24.4 Å². The van der Waals surface area contributed by atoms with Crippen molar-refractivity contribution in [3.8, 4) is 0 Å². The van der Waals surface area contributed by atoms with E-state index in [0.717, 1.165) is 5.56 Å². The van der Waals surface area contributed by atoms with Crippen molar-refractivity contribution in [2.45, 2.75) is 18.9 Å². The third-order valence-electron chi connectivity index (χ3n) is 2.14. The van der Waals surface area contributed by atoms with Gasteiger partial charge in [-0.3, -0.25) is 0 Å². The number of rotatable bonds is 2. The largest absolute Gasteiger partial charge is 0.453 e. The van der Waals surface area contributed by atoms with Gasteiger partial charge in [0.2, 0.25) is 0 Å². The minimum atomic E-state index is 0.0845. The molecular formula is C8H10ClNO. The van der Waals surface area contributed by atoms with Gasteiger partial charge in [0.15, 0.2) is 5.22 Å². The SMILES string of the molecule is NC(c1ccoc1Cl)C1CC1. The molecular weight excluding hydrogens is 162 g/mol. The Labute approximate surface area is 70.3 Å². The van der Waals surface area contributed by atoms with Crippen molar-refractivity contribution >= 4 is 11.6 Å². The number of halogens is 1. The summed E-state index contributed by atoms with van der Waals surface area (Å²) in [5, 5.41) is 0.449. The molecule has 1 saturated carbocycles. The summed E-state index contributed by atoms with van der Waals surface area (Å²) in [6.45, 7) is 0. The lowest BCUT2D eigenvalue weighted by molar-refractivity contribution is 0.553. The van der Waals surface area contributed by atoms with Crippen molar-refractivity contribution in [3.05, 3.63) is 23.1 Å². The van der Waals surface area contributed by atoms with Gasteiger partial charge in [0.1, 0.15) is 0 Å². The minimum absolute atomic E-state index is 0.0845. The van der Waals surface area contributed by atoms with Gasteiger partial charge in [-0.15, -0.1) is 0 Å². The molecule has 3 heteroatoms. The zero-order chi connectivity index (χ0) is 7.84. The summed E-state index contributed by atoms with van der Waals surface area (Å²) >= 11 is 5.76. The predicted molar refractivity (Wildman–Crippen MR) is 43.4 cm³/mol. The molecule has 0 aliphatic heterocycles. The van der Waals surface area contributed by atoms with E-state index < -0.39 is 0 Å². The number of hydrogen-bond acceptors (Lipinski definition) is 2. The van der Waals surface area contributed by atoms with Gasteiger partial charge in [-0.25, -0.2) is 0 Å². The van der Waals surface area contributed by atoms with Gasteiger partial charge in [-0.2, -0.15) is 0 Å². The van der Waals surface area contributed by atoms with Crippen LogP contribution in [0.25, 0.3) is 0 Å². The van der Waals surface area contributed by atoms with Crippen LogP contribution in [0.3, 0.4) is 0 Å². The van der Waals surface area contributed by atoms with Crippen LogP contribution in [0.2, 0.25) is 5.22 Å². The van der Waals surface area contributed by atoms with E-state index in [9.17, 15) is 0 Å². The highest BCUT2D eigenvalue weighted by atomic mass is 35.5. The summed E-state index contributed by atoms with van der Waals surface area (Å²) in [6, 6.07) is 1.94. The van der Waals surface area contributed by atoms with E-state index in [1.54, 1.807) is 6.26 Å². The Kier molecular flexibility index (Phi) is 1.66. The zero-order valence-corrected chi connectivity index (χ0v) is 6.84. The van der Waals surface area contributed by atoms with Crippen molar-refractivity contribution in [1.82, 2.24) is 0 Å². The number of nitrogens with two attached hydrogens (primary N) is 1. The third kappa shape index (κ3) is 1.28. The summed E-state index contributed by atoms with van der Waals surface area (Å²) < 4.78 is 4.95. The maximum atomic E-state index is 5.90. The van der Waals surface area contributed by atoms with Crippen molar-refractivity contribution in [2.24, 2.45) is 11.7 Å². The first kappa shape index (κ1) is 7.19. The summed E-state index contributed by atoms with van der Waals surface area (Å²) in [5.74, 6) is 0.630. The molecule has 0 bridgehead atoms. The summed E-state index contributed by atoms with van der Waals surface area (Å²) in [6.07, 6.45) is 4.03. The molecule has 0 saturated heterocycles. The molecule has 0 aromatic carbocycles. The maximum Gasteiger partial charge on any atom is 0.197 e. The molecule has 1 heterocycles. The first-order valence-corrected chi connectivity index (χ1v) is 4.15. The Hall–Kier alpha value is -0.470. The monoisotopic (exact) mass is 171 g/mol. The van der Waals surface area contributed by atoms with Gasteiger partial charge >= 0.3 is 0 Å². The highest BCUT2D eigenvalue weighted by molar-refractivity contribution is 6.29. The fraction of sp³-hybridized carbons (Fsp3) is 0.500. The molecule has 1 aliphatic rings. The Balaban J connectivity index is 2.20. The predicted octanol–water partition coefficient (Wildman–Crippen LogP) is 2.34. The molecule has 1 aromatic heterocycles. The van der Waals surface area contributed by atoms with Gasteiger partial charge < -0.3 is 10.2 Å². The quantitative estimate of drug-likeness (QED) is 0.742. The normalized spacial score (nSPS) is 20.2. The number of furan rings is 1. The van der Waals surface area contributed by atoms with E-state index in [2.05, 4.69) is 0 Å².